The summed E-state index contributed by atoms with van der Waals surface area (Å²) in [6.45, 7) is 1.73. The molecule has 108 valence electrons. The third kappa shape index (κ3) is 3.15. The van der Waals surface area contributed by atoms with Gasteiger partial charge in [0.15, 0.2) is 0 Å². The number of ether oxygens (including phenoxy) is 1. The first kappa shape index (κ1) is 14.9. The maximum Gasteiger partial charge on any atom is 0.262 e. The first-order valence-electron chi connectivity index (χ1n) is 6.14. The van der Waals surface area contributed by atoms with Crippen LogP contribution in [-0.4, -0.2) is 15.5 Å². The van der Waals surface area contributed by atoms with Crippen molar-refractivity contribution < 1.29 is 13.2 Å². The van der Waals surface area contributed by atoms with Gasteiger partial charge in [-0.05, 0) is 30.7 Å². The average molecular weight is 302 g/mol. The maximum absolute atomic E-state index is 12.4. The molecule has 2 aromatic carbocycles. The van der Waals surface area contributed by atoms with E-state index in [0.29, 0.717) is 22.6 Å². The monoisotopic (exact) mass is 302 g/mol. The van der Waals surface area contributed by atoms with Gasteiger partial charge < -0.3 is 4.74 Å². The highest BCUT2D eigenvalue weighted by Crippen LogP contribution is 2.28. The molecule has 0 saturated heterocycles. The van der Waals surface area contributed by atoms with Crippen LogP contribution in [0.1, 0.15) is 11.1 Å². The van der Waals surface area contributed by atoms with Crippen LogP contribution in [0.5, 0.6) is 5.75 Å². The first-order valence-corrected chi connectivity index (χ1v) is 7.63. The second kappa shape index (κ2) is 5.85. The fraction of sp³-hybridized carbons (Fsp3) is 0.133. The lowest BCUT2D eigenvalue weighted by Gasteiger charge is -2.13. The van der Waals surface area contributed by atoms with E-state index in [1.54, 1.807) is 25.1 Å². The van der Waals surface area contributed by atoms with Crippen LogP contribution in [0.4, 0.5) is 5.69 Å². The molecule has 21 heavy (non-hydrogen) atoms. The van der Waals surface area contributed by atoms with Crippen molar-refractivity contribution in [2.75, 3.05) is 11.8 Å². The number of nitrogens with one attached hydrogen (secondary N) is 1. The molecule has 0 heterocycles. The molecule has 0 saturated carbocycles. The minimum atomic E-state index is -3.71. The van der Waals surface area contributed by atoms with Crippen LogP contribution in [0.2, 0.25) is 0 Å². The molecular weight excluding hydrogens is 288 g/mol. The molecule has 2 rings (SSSR count). The van der Waals surface area contributed by atoms with Crippen LogP contribution in [-0.2, 0) is 10.0 Å². The van der Waals surface area contributed by atoms with Gasteiger partial charge in [-0.15, -0.1) is 0 Å². The molecule has 0 aromatic heterocycles. The van der Waals surface area contributed by atoms with Crippen LogP contribution in [0.3, 0.4) is 0 Å². The van der Waals surface area contributed by atoms with Crippen LogP contribution in [0.15, 0.2) is 47.4 Å². The fourth-order valence-electron chi connectivity index (χ4n) is 1.90. The summed E-state index contributed by atoms with van der Waals surface area (Å²) in [4.78, 5) is 0.205. The third-order valence-electron chi connectivity index (χ3n) is 2.96. The van der Waals surface area contributed by atoms with Crippen LogP contribution in [0, 0.1) is 18.3 Å². The van der Waals surface area contributed by atoms with Crippen LogP contribution >= 0.6 is 0 Å². The lowest BCUT2D eigenvalue weighted by Crippen LogP contribution is -2.14. The van der Waals surface area contributed by atoms with Crippen LogP contribution in [0.25, 0.3) is 0 Å². The zero-order chi connectivity index (χ0) is 15.5. The van der Waals surface area contributed by atoms with Crippen molar-refractivity contribution >= 4 is 15.7 Å². The highest BCUT2D eigenvalue weighted by Gasteiger charge is 2.18. The predicted octanol–water partition coefficient (Wildman–Crippen LogP) is 2.68. The number of methoxy groups -OCH3 is 1. The third-order valence-corrected chi connectivity index (χ3v) is 4.48. The van der Waals surface area contributed by atoms with Crippen molar-refractivity contribution in [3.05, 3.63) is 53.6 Å². The highest BCUT2D eigenvalue weighted by atomic mass is 32.2. The summed E-state index contributed by atoms with van der Waals surface area (Å²) in [6.07, 6.45) is 0. The van der Waals surface area contributed by atoms with Gasteiger partial charge in [-0.1, -0.05) is 18.2 Å². The Morgan fingerprint density at radius 3 is 2.52 bits per heavy atom. The van der Waals surface area contributed by atoms with Gasteiger partial charge in [0.25, 0.3) is 10.0 Å². The Hall–Kier alpha value is -2.52. The number of nitriles is 1. The Labute approximate surface area is 123 Å². The van der Waals surface area contributed by atoms with E-state index in [1.807, 2.05) is 6.07 Å². The van der Waals surface area contributed by atoms with E-state index < -0.39 is 10.0 Å². The number of rotatable bonds is 4. The number of sulfonamides is 1. The first-order chi connectivity index (χ1) is 9.97. The molecule has 0 aliphatic carbocycles. The summed E-state index contributed by atoms with van der Waals surface area (Å²) in [5, 5.41) is 8.85. The average Bonchev–Trinajstić information content (AvgIpc) is 2.47. The normalized spacial score (nSPS) is 10.7. The molecular formula is C15H14N2O3S. The molecule has 0 amide bonds. The Morgan fingerprint density at radius 2 is 1.90 bits per heavy atom. The molecule has 2 aromatic rings. The van der Waals surface area contributed by atoms with E-state index in [1.165, 1.54) is 31.4 Å². The summed E-state index contributed by atoms with van der Waals surface area (Å²) >= 11 is 0. The molecule has 0 aliphatic rings. The van der Waals surface area contributed by atoms with Gasteiger partial charge >= 0.3 is 0 Å². The second-order valence-corrected chi connectivity index (χ2v) is 6.05. The van der Waals surface area contributed by atoms with Crippen LogP contribution < -0.4 is 9.46 Å². The molecule has 5 nitrogen and oxygen atoms in total. The van der Waals surface area contributed by atoms with E-state index in [4.69, 9.17) is 10.00 Å². The van der Waals surface area contributed by atoms with Crippen molar-refractivity contribution in [3.8, 4) is 11.8 Å². The molecule has 0 fully saturated rings. The zero-order valence-electron chi connectivity index (χ0n) is 11.6. The van der Waals surface area contributed by atoms with Gasteiger partial charge in [0, 0.05) is 6.07 Å². The lowest BCUT2D eigenvalue weighted by molar-refractivity contribution is 0.416. The summed E-state index contributed by atoms with van der Waals surface area (Å²) in [5.41, 5.74) is 1.34. The molecule has 0 bridgehead atoms. The van der Waals surface area contributed by atoms with Crippen molar-refractivity contribution in [1.82, 2.24) is 0 Å². The molecule has 0 atom stereocenters. The molecule has 0 radical (unpaired) electrons. The number of aryl methyl sites for hydroxylation is 1. The van der Waals surface area contributed by atoms with E-state index in [9.17, 15) is 8.42 Å². The Balaban J connectivity index is 2.42. The van der Waals surface area contributed by atoms with Gasteiger partial charge in [0.2, 0.25) is 0 Å². The standard InChI is InChI=1S/C15H14N2O3S/c1-11-5-3-4-6-15(11)21(18,19)17-13-8-7-12(10-16)9-14(13)20-2/h3-9,17H,1-2H3. The largest absolute Gasteiger partial charge is 0.495 e. The Kier molecular flexibility index (Phi) is 4.15. The molecule has 0 aliphatic heterocycles. The van der Waals surface area contributed by atoms with Gasteiger partial charge in [-0.25, -0.2) is 8.42 Å². The minimum absolute atomic E-state index is 0.205. The topological polar surface area (TPSA) is 79.2 Å². The zero-order valence-corrected chi connectivity index (χ0v) is 12.4. The number of nitrogens with zero attached hydrogens (tertiary/aromatic N) is 1. The molecule has 1 N–H and O–H groups in total. The quantitative estimate of drug-likeness (QED) is 0.941. The summed E-state index contributed by atoms with van der Waals surface area (Å²) in [7, 11) is -2.29. The van der Waals surface area contributed by atoms with Gasteiger partial charge in [0.05, 0.1) is 29.3 Å². The Morgan fingerprint density at radius 1 is 1.19 bits per heavy atom. The summed E-state index contributed by atoms with van der Waals surface area (Å²) in [5.74, 6) is 0.297. The van der Waals surface area contributed by atoms with E-state index in [2.05, 4.69) is 4.72 Å². The van der Waals surface area contributed by atoms with Crippen molar-refractivity contribution in [2.45, 2.75) is 11.8 Å². The second-order valence-electron chi connectivity index (χ2n) is 4.40. The van der Waals surface area contributed by atoms with Crippen molar-refractivity contribution in [3.63, 3.8) is 0 Å². The minimum Gasteiger partial charge on any atom is -0.495 e. The predicted molar refractivity (Wildman–Crippen MR) is 79.7 cm³/mol. The highest BCUT2D eigenvalue weighted by molar-refractivity contribution is 7.92. The summed E-state index contributed by atoms with van der Waals surface area (Å²) < 4.78 is 32.4. The molecule has 6 heteroatoms. The molecule has 0 spiro atoms. The molecule has 0 unspecified atom stereocenters. The number of anilines is 1. The van der Waals surface area contributed by atoms with E-state index in [0.717, 1.165) is 0 Å². The number of hydrogen-bond donors (Lipinski definition) is 1. The van der Waals surface area contributed by atoms with E-state index in [-0.39, 0.29) is 4.90 Å². The van der Waals surface area contributed by atoms with Gasteiger partial charge in [-0.3, -0.25) is 4.72 Å². The van der Waals surface area contributed by atoms with Crippen molar-refractivity contribution in [2.24, 2.45) is 0 Å². The van der Waals surface area contributed by atoms with E-state index >= 15 is 0 Å². The van der Waals surface area contributed by atoms with Gasteiger partial charge in [0.1, 0.15) is 5.75 Å². The summed E-state index contributed by atoms with van der Waals surface area (Å²) in [6, 6.07) is 13.2. The maximum atomic E-state index is 12.4. The fourth-order valence-corrected chi connectivity index (χ4v) is 3.22. The SMILES string of the molecule is COc1cc(C#N)ccc1NS(=O)(=O)c1ccccc1C. The van der Waals surface area contributed by atoms with Crippen molar-refractivity contribution in [1.29, 1.82) is 5.26 Å². The lowest BCUT2D eigenvalue weighted by atomic mass is 10.2. The number of benzene rings is 2. The van der Waals surface area contributed by atoms with Gasteiger partial charge in [-0.2, -0.15) is 5.26 Å². The Bertz CT molecular complexity index is 808. The number of hydrogen-bond acceptors (Lipinski definition) is 4. The smallest absolute Gasteiger partial charge is 0.262 e.